The number of H-pyrrole nitrogens is 1. The zero-order chi connectivity index (χ0) is 13.0. The van der Waals surface area contributed by atoms with Gasteiger partial charge in [-0.3, -0.25) is 5.10 Å². The molecule has 0 aliphatic rings. The van der Waals surface area contributed by atoms with Gasteiger partial charge in [-0.25, -0.2) is 9.37 Å². The number of rotatable bonds is 5. The van der Waals surface area contributed by atoms with Gasteiger partial charge in [0.15, 0.2) is 0 Å². The van der Waals surface area contributed by atoms with Crippen molar-refractivity contribution in [3.8, 4) is 11.8 Å². The van der Waals surface area contributed by atoms with Crippen LogP contribution in [-0.4, -0.2) is 21.7 Å². The molecule has 2 aromatic heterocycles. The van der Waals surface area contributed by atoms with Crippen LogP contribution in [0.1, 0.15) is 18.2 Å². The number of aryl methyl sites for hydroxylation is 1. The van der Waals surface area contributed by atoms with Crippen LogP contribution in [0.3, 0.4) is 0 Å². The van der Waals surface area contributed by atoms with Crippen molar-refractivity contribution in [1.29, 1.82) is 0 Å². The van der Waals surface area contributed by atoms with Gasteiger partial charge in [-0.1, -0.05) is 6.92 Å². The molecule has 0 atom stereocenters. The predicted octanol–water partition coefficient (Wildman–Crippen LogP) is 2.15. The van der Waals surface area contributed by atoms with Gasteiger partial charge in [0.2, 0.25) is 11.8 Å². The first-order chi connectivity index (χ1) is 8.69. The molecule has 2 heterocycles. The zero-order valence-corrected chi connectivity index (χ0v) is 10.3. The lowest BCUT2D eigenvalue weighted by atomic mass is 10.2. The molecule has 0 aromatic carbocycles. The molecule has 0 fully saturated rings. The number of hydrogen-bond donors (Lipinski definition) is 2. The van der Waals surface area contributed by atoms with E-state index in [9.17, 15) is 4.39 Å². The molecular weight excluding hydrogens is 235 g/mol. The van der Waals surface area contributed by atoms with Crippen molar-refractivity contribution in [2.45, 2.75) is 20.4 Å². The van der Waals surface area contributed by atoms with Gasteiger partial charge < -0.3 is 10.1 Å². The summed E-state index contributed by atoms with van der Waals surface area (Å²) >= 11 is 0. The van der Waals surface area contributed by atoms with Gasteiger partial charge in [0, 0.05) is 23.9 Å². The number of ether oxygens (including phenoxy) is 1. The van der Waals surface area contributed by atoms with Gasteiger partial charge in [0.05, 0.1) is 6.20 Å². The lowest BCUT2D eigenvalue weighted by Crippen LogP contribution is -2.13. The third kappa shape index (κ3) is 3.04. The molecule has 6 heteroatoms. The van der Waals surface area contributed by atoms with E-state index in [-0.39, 0.29) is 5.82 Å². The first-order valence-electron chi connectivity index (χ1n) is 5.74. The van der Waals surface area contributed by atoms with Crippen molar-refractivity contribution >= 4 is 0 Å². The summed E-state index contributed by atoms with van der Waals surface area (Å²) in [4.78, 5) is 3.94. The Labute approximate surface area is 104 Å². The van der Waals surface area contributed by atoms with Crippen molar-refractivity contribution in [3.05, 3.63) is 35.4 Å². The Morgan fingerprint density at radius 3 is 2.94 bits per heavy atom. The Bertz CT molecular complexity index is 527. The molecular formula is C12H15FN4O. The van der Waals surface area contributed by atoms with Crippen molar-refractivity contribution in [3.63, 3.8) is 0 Å². The standard InChI is InChI=1S/C12H15FN4O/c1-3-14-6-9-5-10(13)7-15-12(9)18-11-4-8(2)16-17-11/h4-5,7,14H,3,6H2,1-2H3,(H,16,17). The highest BCUT2D eigenvalue weighted by Gasteiger charge is 2.09. The molecule has 0 saturated carbocycles. The van der Waals surface area contributed by atoms with Crippen LogP contribution in [0.5, 0.6) is 11.8 Å². The molecule has 0 radical (unpaired) electrons. The van der Waals surface area contributed by atoms with Crippen LogP contribution in [0.4, 0.5) is 4.39 Å². The number of halogens is 1. The quantitative estimate of drug-likeness (QED) is 0.853. The SMILES string of the molecule is CCNCc1cc(F)cnc1Oc1cc(C)[nH]n1. The van der Waals surface area contributed by atoms with Gasteiger partial charge in [-0.2, -0.15) is 0 Å². The second-order valence-corrected chi connectivity index (χ2v) is 3.89. The van der Waals surface area contributed by atoms with Gasteiger partial charge in [0.1, 0.15) is 5.82 Å². The van der Waals surface area contributed by atoms with Gasteiger partial charge in [-0.15, -0.1) is 5.10 Å². The summed E-state index contributed by atoms with van der Waals surface area (Å²) in [5.74, 6) is 0.404. The third-order valence-corrected chi connectivity index (χ3v) is 2.34. The van der Waals surface area contributed by atoms with Crippen LogP contribution in [-0.2, 0) is 6.54 Å². The average Bonchev–Trinajstić information content (AvgIpc) is 2.75. The molecule has 0 unspecified atom stereocenters. The van der Waals surface area contributed by atoms with E-state index in [1.165, 1.54) is 6.07 Å². The summed E-state index contributed by atoms with van der Waals surface area (Å²) in [5.41, 5.74) is 1.55. The molecule has 96 valence electrons. The summed E-state index contributed by atoms with van der Waals surface area (Å²) in [7, 11) is 0. The molecule has 0 bridgehead atoms. The van der Waals surface area contributed by atoms with Crippen molar-refractivity contribution in [2.24, 2.45) is 0 Å². The molecule has 0 aliphatic carbocycles. The Kier molecular flexibility index (Phi) is 3.88. The van der Waals surface area contributed by atoms with E-state index >= 15 is 0 Å². The molecule has 5 nitrogen and oxygen atoms in total. The molecule has 0 spiro atoms. The van der Waals surface area contributed by atoms with Crippen molar-refractivity contribution in [2.75, 3.05) is 6.54 Å². The lowest BCUT2D eigenvalue weighted by Gasteiger charge is -2.08. The third-order valence-electron chi connectivity index (χ3n) is 2.34. The average molecular weight is 250 g/mol. The van der Waals surface area contributed by atoms with E-state index in [0.29, 0.717) is 23.9 Å². The number of hydrogen-bond acceptors (Lipinski definition) is 4. The van der Waals surface area contributed by atoms with Crippen LogP contribution in [0.25, 0.3) is 0 Å². The number of nitrogens with zero attached hydrogens (tertiary/aromatic N) is 2. The number of nitrogens with one attached hydrogen (secondary N) is 2. The number of aromatic nitrogens is 3. The number of pyridine rings is 1. The first kappa shape index (κ1) is 12.5. The topological polar surface area (TPSA) is 62.8 Å². The maximum Gasteiger partial charge on any atom is 0.240 e. The zero-order valence-electron chi connectivity index (χ0n) is 10.3. The van der Waals surface area contributed by atoms with E-state index in [2.05, 4.69) is 20.5 Å². The summed E-state index contributed by atoms with van der Waals surface area (Å²) in [6.45, 7) is 5.14. The minimum absolute atomic E-state index is 0.365. The normalized spacial score (nSPS) is 10.6. The lowest BCUT2D eigenvalue weighted by molar-refractivity contribution is 0.431. The predicted molar refractivity (Wildman–Crippen MR) is 65.0 cm³/mol. The van der Waals surface area contributed by atoms with Gasteiger partial charge >= 0.3 is 0 Å². The molecule has 2 N–H and O–H groups in total. The molecule has 18 heavy (non-hydrogen) atoms. The molecule has 0 aliphatic heterocycles. The minimum Gasteiger partial charge on any atom is -0.419 e. The van der Waals surface area contributed by atoms with Crippen LogP contribution in [0.2, 0.25) is 0 Å². The summed E-state index contributed by atoms with van der Waals surface area (Å²) in [6, 6.07) is 3.16. The molecule has 0 saturated heterocycles. The second kappa shape index (κ2) is 5.59. The Morgan fingerprint density at radius 2 is 2.28 bits per heavy atom. The number of aromatic amines is 1. The fraction of sp³-hybridized carbons (Fsp3) is 0.333. The van der Waals surface area contributed by atoms with E-state index in [1.807, 2.05) is 13.8 Å². The van der Waals surface area contributed by atoms with E-state index in [4.69, 9.17) is 4.74 Å². The van der Waals surface area contributed by atoms with Crippen LogP contribution >= 0.6 is 0 Å². The Morgan fingerprint density at radius 1 is 1.44 bits per heavy atom. The highest BCUT2D eigenvalue weighted by molar-refractivity contribution is 5.29. The van der Waals surface area contributed by atoms with Gasteiger partial charge in [-0.05, 0) is 19.5 Å². The fourth-order valence-corrected chi connectivity index (χ4v) is 1.49. The monoisotopic (exact) mass is 250 g/mol. The Hall–Kier alpha value is -1.95. The summed E-state index contributed by atoms with van der Waals surface area (Å²) in [5, 5.41) is 9.83. The highest BCUT2D eigenvalue weighted by Crippen LogP contribution is 2.22. The van der Waals surface area contributed by atoms with E-state index < -0.39 is 0 Å². The van der Waals surface area contributed by atoms with Crippen molar-refractivity contribution in [1.82, 2.24) is 20.5 Å². The summed E-state index contributed by atoms with van der Waals surface area (Å²) < 4.78 is 18.7. The first-order valence-corrected chi connectivity index (χ1v) is 5.74. The second-order valence-electron chi connectivity index (χ2n) is 3.89. The van der Waals surface area contributed by atoms with E-state index in [0.717, 1.165) is 18.4 Å². The molecule has 2 aromatic rings. The summed E-state index contributed by atoms with van der Waals surface area (Å²) in [6.07, 6.45) is 1.13. The van der Waals surface area contributed by atoms with Crippen LogP contribution in [0, 0.1) is 12.7 Å². The maximum absolute atomic E-state index is 13.1. The molecule has 2 rings (SSSR count). The largest absolute Gasteiger partial charge is 0.419 e. The van der Waals surface area contributed by atoms with Crippen LogP contribution in [0.15, 0.2) is 18.3 Å². The van der Waals surface area contributed by atoms with E-state index in [1.54, 1.807) is 6.07 Å². The fourth-order valence-electron chi connectivity index (χ4n) is 1.49. The smallest absolute Gasteiger partial charge is 0.240 e. The highest BCUT2D eigenvalue weighted by atomic mass is 19.1. The Balaban J connectivity index is 2.20. The minimum atomic E-state index is -0.381. The van der Waals surface area contributed by atoms with Crippen LogP contribution < -0.4 is 10.1 Å². The molecule has 0 amide bonds. The van der Waals surface area contributed by atoms with Gasteiger partial charge in [0.25, 0.3) is 0 Å². The maximum atomic E-state index is 13.1. The van der Waals surface area contributed by atoms with Crippen molar-refractivity contribution < 1.29 is 9.13 Å².